The van der Waals surface area contributed by atoms with Gasteiger partial charge in [0.25, 0.3) is 5.91 Å². The number of benzene rings is 3. The minimum atomic E-state index is -0.645. The molecule has 0 radical (unpaired) electrons. The molecule has 1 amide bonds. The summed E-state index contributed by atoms with van der Waals surface area (Å²) in [5.74, 6) is -0.237. The van der Waals surface area contributed by atoms with Crippen LogP contribution in [0.2, 0.25) is 0 Å². The smallest absolute Gasteiger partial charge is 0.257 e. The van der Waals surface area contributed by atoms with Crippen molar-refractivity contribution in [1.29, 1.82) is 0 Å². The summed E-state index contributed by atoms with van der Waals surface area (Å²) in [6.45, 7) is 4.69. The first-order valence-electron chi connectivity index (χ1n) is 14.6. The first-order valence-corrected chi connectivity index (χ1v) is 14.6. The van der Waals surface area contributed by atoms with E-state index in [0.717, 1.165) is 22.3 Å². The fourth-order valence-corrected chi connectivity index (χ4v) is 5.37. The van der Waals surface area contributed by atoms with Crippen LogP contribution in [0.3, 0.4) is 0 Å². The quantitative estimate of drug-likeness (QED) is 0.222. The summed E-state index contributed by atoms with van der Waals surface area (Å²) < 4.78 is 13.2. The van der Waals surface area contributed by atoms with Gasteiger partial charge in [0.15, 0.2) is 6.29 Å². The highest BCUT2D eigenvalue weighted by atomic mass is 16.7. The number of aromatic nitrogens is 1. The van der Waals surface area contributed by atoms with Crippen LogP contribution in [0.5, 0.6) is 0 Å². The van der Waals surface area contributed by atoms with Gasteiger partial charge in [-0.05, 0) is 54.9 Å². The Bertz CT molecular complexity index is 1450. The van der Waals surface area contributed by atoms with Crippen molar-refractivity contribution in [3.05, 3.63) is 131 Å². The number of likely N-dealkylation sites (N-methyl/N-ethyl adjacent to an activating group) is 1. The van der Waals surface area contributed by atoms with Crippen molar-refractivity contribution in [2.75, 3.05) is 18.9 Å². The molecule has 4 aromatic rings. The van der Waals surface area contributed by atoms with E-state index in [2.05, 4.69) is 22.1 Å². The lowest BCUT2D eigenvalue weighted by Gasteiger charge is -2.43. The highest BCUT2D eigenvalue weighted by molar-refractivity contribution is 6.04. The van der Waals surface area contributed by atoms with Gasteiger partial charge in [-0.2, -0.15) is 0 Å². The van der Waals surface area contributed by atoms with Gasteiger partial charge in [-0.15, -0.1) is 0 Å². The molecule has 0 spiro atoms. The molecule has 6 atom stereocenters. The third-order valence-electron chi connectivity index (χ3n) is 8.25. The van der Waals surface area contributed by atoms with E-state index in [-0.39, 0.29) is 36.7 Å². The molecular formula is C35H39N3O5. The Morgan fingerprint density at radius 3 is 2.30 bits per heavy atom. The summed E-state index contributed by atoms with van der Waals surface area (Å²) in [7, 11) is 2.00. The van der Waals surface area contributed by atoms with Crippen molar-refractivity contribution in [3.8, 4) is 0 Å². The maximum Gasteiger partial charge on any atom is 0.257 e. The van der Waals surface area contributed by atoms with Crippen LogP contribution in [0.15, 0.2) is 103 Å². The Morgan fingerprint density at radius 2 is 1.65 bits per heavy atom. The van der Waals surface area contributed by atoms with Gasteiger partial charge in [0.1, 0.15) is 0 Å². The van der Waals surface area contributed by atoms with Crippen molar-refractivity contribution in [3.63, 3.8) is 0 Å². The van der Waals surface area contributed by atoms with Gasteiger partial charge in [0.05, 0.1) is 30.5 Å². The van der Waals surface area contributed by atoms with Crippen LogP contribution in [0.25, 0.3) is 0 Å². The van der Waals surface area contributed by atoms with Crippen molar-refractivity contribution in [1.82, 2.24) is 9.88 Å². The number of anilines is 1. The second kappa shape index (κ2) is 14.0. The van der Waals surface area contributed by atoms with E-state index in [1.54, 1.807) is 18.3 Å². The molecule has 1 aliphatic rings. The normalized spacial score (nSPS) is 21.7. The summed E-state index contributed by atoms with van der Waals surface area (Å²) in [5.41, 5.74) is 4.67. The lowest BCUT2D eigenvalue weighted by Crippen LogP contribution is -2.46. The van der Waals surface area contributed by atoms with E-state index < -0.39 is 12.4 Å². The van der Waals surface area contributed by atoms with E-state index in [1.165, 1.54) is 6.20 Å². The molecule has 3 N–H and O–H groups in total. The average molecular weight is 582 g/mol. The molecule has 2 heterocycles. The van der Waals surface area contributed by atoms with Crippen molar-refractivity contribution < 1.29 is 24.5 Å². The first kappa shape index (κ1) is 30.5. The Hall–Kier alpha value is -3.92. The molecule has 1 saturated heterocycles. The number of pyridine rings is 1. The molecule has 0 unspecified atom stereocenters. The third kappa shape index (κ3) is 7.36. The van der Waals surface area contributed by atoms with Crippen molar-refractivity contribution >= 4 is 11.6 Å². The van der Waals surface area contributed by atoms with Crippen molar-refractivity contribution in [2.45, 2.75) is 51.1 Å². The third-order valence-corrected chi connectivity index (χ3v) is 8.25. The highest BCUT2D eigenvalue weighted by Gasteiger charge is 2.39. The molecule has 3 aromatic carbocycles. The number of aliphatic hydroxyl groups is 2. The van der Waals surface area contributed by atoms with Crippen LogP contribution in [0.4, 0.5) is 5.69 Å². The molecule has 1 aromatic heterocycles. The van der Waals surface area contributed by atoms with Gasteiger partial charge < -0.3 is 25.0 Å². The van der Waals surface area contributed by atoms with Crippen LogP contribution in [0, 0.1) is 5.92 Å². The molecule has 1 fully saturated rings. The van der Waals surface area contributed by atoms with Gasteiger partial charge in [-0.1, -0.05) is 73.7 Å². The molecule has 5 rings (SSSR count). The first-order chi connectivity index (χ1) is 20.8. The zero-order chi connectivity index (χ0) is 30.3. The van der Waals surface area contributed by atoms with E-state index in [9.17, 15) is 15.0 Å². The number of aliphatic hydroxyl groups excluding tert-OH is 2. The lowest BCUT2D eigenvalue weighted by molar-refractivity contribution is -0.276. The predicted octanol–water partition coefficient (Wildman–Crippen LogP) is 5.67. The van der Waals surface area contributed by atoms with Crippen LogP contribution in [0.1, 0.15) is 65.0 Å². The maximum atomic E-state index is 12.6. The van der Waals surface area contributed by atoms with E-state index in [1.807, 2.05) is 92.8 Å². The summed E-state index contributed by atoms with van der Waals surface area (Å²) in [6, 6.07) is 28.2. The van der Waals surface area contributed by atoms with Gasteiger partial charge in [-0.25, -0.2) is 0 Å². The fourth-order valence-electron chi connectivity index (χ4n) is 5.37. The number of amides is 1. The Morgan fingerprint density at radius 1 is 0.953 bits per heavy atom. The monoisotopic (exact) mass is 581 g/mol. The molecule has 43 heavy (non-hydrogen) atoms. The van der Waals surface area contributed by atoms with E-state index in [0.29, 0.717) is 17.8 Å². The number of nitrogens with zero attached hydrogens (tertiary/aromatic N) is 2. The molecule has 8 heteroatoms. The number of rotatable bonds is 10. The predicted molar refractivity (Wildman–Crippen MR) is 165 cm³/mol. The molecule has 224 valence electrons. The molecular weight excluding hydrogens is 542 g/mol. The Labute approximate surface area is 252 Å². The molecule has 1 aliphatic heterocycles. The van der Waals surface area contributed by atoms with E-state index in [4.69, 9.17) is 9.47 Å². The molecule has 0 aliphatic carbocycles. The minimum absolute atomic E-state index is 0.00205. The number of hydrogen-bond donors (Lipinski definition) is 3. The zero-order valence-electron chi connectivity index (χ0n) is 24.7. The summed E-state index contributed by atoms with van der Waals surface area (Å²) >= 11 is 0. The Balaban J connectivity index is 1.35. The highest BCUT2D eigenvalue weighted by Crippen LogP contribution is 2.42. The summed E-state index contributed by atoms with van der Waals surface area (Å²) in [5, 5.41) is 23.5. The van der Waals surface area contributed by atoms with Gasteiger partial charge in [-0.3, -0.25) is 14.7 Å². The second-order valence-corrected chi connectivity index (χ2v) is 11.2. The molecule has 0 saturated carbocycles. The zero-order valence-corrected chi connectivity index (χ0v) is 24.7. The van der Waals surface area contributed by atoms with Gasteiger partial charge in [0, 0.05) is 42.1 Å². The topological polar surface area (TPSA) is 104 Å². The summed E-state index contributed by atoms with van der Waals surface area (Å²) in [4.78, 5) is 18.7. The van der Waals surface area contributed by atoms with Crippen LogP contribution >= 0.6 is 0 Å². The largest absolute Gasteiger partial charge is 0.392 e. The summed E-state index contributed by atoms with van der Waals surface area (Å²) in [6.07, 6.45) is 1.40. The van der Waals surface area contributed by atoms with Crippen molar-refractivity contribution in [2.24, 2.45) is 5.92 Å². The van der Waals surface area contributed by atoms with Gasteiger partial charge >= 0.3 is 0 Å². The number of hydrogen-bond acceptors (Lipinski definition) is 7. The number of carbonyl (C=O) groups is 1. The lowest BCUT2D eigenvalue weighted by atomic mass is 9.89. The number of ether oxygens (including phenoxy) is 2. The standard InChI is InChI=1S/C35H39N3O5/c1-23-31(21-38(3)24(2)32(40)26-8-5-4-6-9-26)42-35(43-33(23)27-13-11-25(22-39)12-14-27)28-15-17-30(18-16-28)37-34(41)29-10-7-19-36-20-29/h4-20,23-24,31-33,35,39-40H,21-22H2,1-3H3,(H,37,41)/t23-,24+,31+,32+,33+,35+/m1/s1. The Kier molecular flexibility index (Phi) is 9.97. The van der Waals surface area contributed by atoms with Crippen LogP contribution < -0.4 is 5.32 Å². The molecule has 0 bridgehead atoms. The minimum Gasteiger partial charge on any atom is -0.392 e. The number of carbonyl (C=O) groups excluding carboxylic acids is 1. The van der Waals surface area contributed by atoms with E-state index >= 15 is 0 Å². The average Bonchev–Trinajstić information content (AvgIpc) is 3.06. The number of nitrogens with one attached hydrogen (secondary N) is 1. The fraction of sp³-hybridized carbons (Fsp3) is 0.314. The molecule has 8 nitrogen and oxygen atoms in total. The SMILES string of the molecule is C[C@@H]1[C@H](CN(C)[C@@H](C)[C@H](O)c2ccccc2)O[C@H](c2ccc(NC(=O)c3cccnc3)cc2)O[C@@H]1c1ccc(CO)cc1. The van der Waals surface area contributed by atoms with Crippen LogP contribution in [-0.2, 0) is 16.1 Å². The second-order valence-electron chi connectivity index (χ2n) is 11.2. The van der Waals surface area contributed by atoms with Gasteiger partial charge in [0.2, 0.25) is 0 Å². The van der Waals surface area contributed by atoms with Crippen LogP contribution in [-0.4, -0.2) is 51.7 Å². The maximum absolute atomic E-state index is 12.6.